The lowest BCUT2D eigenvalue weighted by molar-refractivity contribution is -0.0429. The molecule has 0 unspecified atom stereocenters. The Morgan fingerprint density at radius 1 is 1.04 bits per heavy atom. The van der Waals surface area contributed by atoms with Crippen LogP contribution in [0.25, 0.3) is 11.4 Å². The highest BCUT2D eigenvalue weighted by Gasteiger charge is 2.46. The number of rotatable bonds is 5. The van der Waals surface area contributed by atoms with Crippen LogP contribution in [-0.2, 0) is 17.1 Å². The van der Waals surface area contributed by atoms with Crippen LogP contribution < -0.4 is 9.46 Å². The molecule has 0 aliphatic heterocycles. The average molecular weight is 398 g/mol. The molecule has 0 aliphatic rings. The molecule has 0 saturated carbocycles. The van der Waals surface area contributed by atoms with Crippen LogP contribution in [0.2, 0.25) is 0 Å². The highest BCUT2D eigenvalue weighted by molar-refractivity contribution is 7.93. The Bertz CT molecular complexity index is 1030. The van der Waals surface area contributed by atoms with E-state index in [4.69, 9.17) is 4.74 Å². The number of ether oxygens (including phenoxy) is 1. The number of hydrogen-bond donors (Lipinski definition) is 1. The molecule has 1 N–H and O–H groups in total. The van der Waals surface area contributed by atoms with Gasteiger partial charge in [-0.1, -0.05) is 30.3 Å². The minimum atomic E-state index is -5.47. The van der Waals surface area contributed by atoms with Gasteiger partial charge in [-0.2, -0.15) is 26.6 Å². The van der Waals surface area contributed by atoms with Gasteiger partial charge in [0.1, 0.15) is 5.75 Å². The molecular weight excluding hydrogens is 385 g/mol. The third kappa shape index (κ3) is 4.19. The van der Waals surface area contributed by atoms with Gasteiger partial charge in [-0.3, -0.25) is 4.72 Å². The van der Waals surface area contributed by atoms with E-state index in [1.54, 1.807) is 7.05 Å². The van der Waals surface area contributed by atoms with Crippen LogP contribution in [0.3, 0.4) is 0 Å². The third-order valence-corrected chi connectivity index (χ3v) is 4.49. The fraction of sp³-hybridized carbons (Fsp3) is 0.125. The summed E-state index contributed by atoms with van der Waals surface area (Å²) in [7, 11) is -3.85. The van der Waals surface area contributed by atoms with E-state index in [0.29, 0.717) is 5.82 Å². The SMILES string of the molecule is Cn1nc(-c2ccccc2)nc1Oc1ccc(NS(=O)(=O)C(F)(F)F)cc1. The largest absolute Gasteiger partial charge is 0.516 e. The van der Waals surface area contributed by atoms with Crippen LogP contribution in [0.4, 0.5) is 18.9 Å². The van der Waals surface area contributed by atoms with Gasteiger partial charge in [0.15, 0.2) is 5.82 Å². The Balaban J connectivity index is 1.75. The van der Waals surface area contributed by atoms with Gasteiger partial charge in [-0.25, -0.2) is 4.68 Å². The van der Waals surface area contributed by atoms with Crippen LogP contribution in [0.1, 0.15) is 0 Å². The summed E-state index contributed by atoms with van der Waals surface area (Å²) in [5.41, 5.74) is -4.85. The summed E-state index contributed by atoms with van der Waals surface area (Å²) in [6, 6.07) is 14.3. The molecular formula is C16H13F3N4O3S. The summed E-state index contributed by atoms with van der Waals surface area (Å²) in [5.74, 6) is 0.697. The maximum atomic E-state index is 12.4. The molecule has 2 aromatic carbocycles. The van der Waals surface area contributed by atoms with Crippen LogP contribution in [0, 0.1) is 0 Å². The molecule has 0 saturated heterocycles. The Hall–Kier alpha value is -3.08. The van der Waals surface area contributed by atoms with E-state index >= 15 is 0 Å². The number of aromatic nitrogens is 3. The number of alkyl halides is 3. The molecule has 11 heteroatoms. The second-order valence-corrected chi connectivity index (χ2v) is 7.06. The number of nitrogens with one attached hydrogen (secondary N) is 1. The minimum absolute atomic E-state index is 0.164. The van der Waals surface area contributed by atoms with Gasteiger partial charge in [-0.15, -0.1) is 5.10 Å². The summed E-state index contributed by atoms with van der Waals surface area (Å²) >= 11 is 0. The number of anilines is 1. The van der Waals surface area contributed by atoms with Crippen LogP contribution in [-0.4, -0.2) is 28.7 Å². The third-order valence-electron chi connectivity index (χ3n) is 3.38. The van der Waals surface area contributed by atoms with E-state index < -0.39 is 15.5 Å². The van der Waals surface area contributed by atoms with Gasteiger partial charge in [0, 0.05) is 18.3 Å². The molecule has 1 heterocycles. The zero-order valence-electron chi connectivity index (χ0n) is 13.8. The number of aryl methyl sites for hydroxylation is 1. The molecule has 142 valence electrons. The van der Waals surface area contributed by atoms with E-state index in [1.165, 1.54) is 21.5 Å². The summed E-state index contributed by atoms with van der Waals surface area (Å²) in [5, 5.41) is 4.23. The highest BCUT2D eigenvalue weighted by atomic mass is 32.2. The molecule has 0 atom stereocenters. The molecule has 0 radical (unpaired) electrons. The lowest BCUT2D eigenvalue weighted by atomic mass is 10.2. The van der Waals surface area contributed by atoms with Crippen LogP contribution in [0.5, 0.6) is 11.8 Å². The summed E-state index contributed by atoms with van der Waals surface area (Å²) in [4.78, 5) is 4.26. The molecule has 0 bridgehead atoms. The number of benzene rings is 2. The maximum absolute atomic E-state index is 12.4. The predicted octanol–water partition coefficient (Wildman–Crippen LogP) is 3.54. The van der Waals surface area contributed by atoms with Gasteiger partial charge >= 0.3 is 21.5 Å². The molecule has 0 aliphatic carbocycles. The smallest absolute Gasteiger partial charge is 0.424 e. The Kier molecular flexibility index (Phi) is 4.79. The van der Waals surface area contributed by atoms with Crippen molar-refractivity contribution in [2.24, 2.45) is 7.05 Å². The summed E-state index contributed by atoms with van der Waals surface area (Å²) in [6.07, 6.45) is 0. The number of hydrogen-bond acceptors (Lipinski definition) is 5. The van der Waals surface area contributed by atoms with Crippen molar-refractivity contribution in [3.8, 4) is 23.1 Å². The average Bonchev–Trinajstić information content (AvgIpc) is 2.97. The van der Waals surface area contributed by atoms with Crippen LogP contribution >= 0.6 is 0 Å². The van der Waals surface area contributed by atoms with Crippen molar-refractivity contribution in [1.82, 2.24) is 14.8 Å². The Morgan fingerprint density at radius 2 is 1.67 bits per heavy atom. The first kappa shape index (κ1) is 18.7. The lowest BCUT2D eigenvalue weighted by Crippen LogP contribution is -2.29. The Labute approximate surface area is 152 Å². The maximum Gasteiger partial charge on any atom is 0.516 e. The van der Waals surface area contributed by atoms with Crippen molar-refractivity contribution < 1.29 is 26.3 Å². The first-order valence-electron chi connectivity index (χ1n) is 7.49. The van der Waals surface area contributed by atoms with Gasteiger partial charge < -0.3 is 4.74 Å². The van der Waals surface area contributed by atoms with Crippen molar-refractivity contribution in [3.63, 3.8) is 0 Å². The standard InChI is InChI=1S/C16H13F3N4O3S/c1-23-15(20-14(21-23)11-5-3-2-4-6-11)26-13-9-7-12(8-10-13)22-27(24,25)16(17,18)19/h2-10,22H,1H3. The molecule has 0 spiro atoms. The van der Waals surface area contributed by atoms with E-state index in [0.717, 1.165) is 17.7 Å². The van der Waals surface area contributed by atoms with E-state index in [-0.39, 0.29) is 17.4 Å². The topological polar surface area (TPSA) is 86.1 Å². The molecule has 7 nitrogen and oxygen atoms in total. The van der Waals surface area contributed by atoms with Gasteiger partial charge in [0.05, 0.1) is 0 Å². The summed E-state index contributed by atoms with van der Waals surface area (Å²) in [6.45, 7) is 0. The van der Waals surface area contributed by atoms with Gasteiger partial charge in [0.2, 0.25) is 0 Å². The minimum Gasteiger partial charge on any atom is -0.424 e. The van der Waals surface area contributed by atoms with Crippen molar-refractivity contribution in [3.05, 3.63) is 54.6 Å². The highest BCUT2D eigenvalue weighted by Crippen LogP contribution is 2.27. The fourth-order valence-corrected chi connectivity index (χ4v) is 2.64. The van der Waals surface area contributed by atoms with Crippen molar-refractivity contribution >= 4 is 15.7 Å². The van der Waals surface area contributed by atoms with Crippen molar-refractivity contribution in [2.75, 3.05) is 4.72 Å². The van der Waals surface area contributed by atoms with Crippen LogP contribution in [0.15, 0.2) is 54.6 Å². The molecule has 27 heavy (non-hydrogen) atoms. The number of nitrogens with zero attached hydrogens (tertiary/aromatic N) is 3. The second kappa shape index (κ2) is 6.91. The number of sulfonamides is 1. The molecule has 0 fully saturated rings. The monoisotopic (exact) mass is 398 g/mol. The number of halogens is 3. The predicted molar refractivity (Wildman–Crippen MR) is 91.6 cm³/mol. The van der Waals surface area contributed by atoms with E-state index in [2.05, 4.69) is 10.1 Å². The zero-order chi connectivity index (χ0) is 19.7. The normalized spacial score (nSPS) is 12.0. The van der Waals surface area contributed by atoms with Gasteiger partial charge in [0.25, 0.3) is 0 Å². The van der Waals surface area contributed by atoms with Crippen molar-refractivity contribution in [2.45, 2.75) is 5.51 Å². The Morgan fingerprint density at radius 3 is 2.26 bits per heavy atom. The van der Waals surface area contributed by atoms with Gasteiger partial charge in [-0.05, 0) is 24.3 Å². The second-order valence-electron chi connectivity index (χ2n) is 5.39. The summed E-state index contributed by atoms with van der Waals surface area (Å²) < 4.78 is 67.7. The molecule has 3 aromatic rings. The van der Waals surface area contributed by atoms with E-state index in [9.17, 15) is 21.6 Å². The quantitative estimate of drug-likeness (QED) is 0.711. The lowest BCUT2D eigenvalue weighted by Gasteiger charge is -2.11. The first-order valence-corrected chi connectivity index (χ1v) is 8.97. The van der Waals surface area contributed by atoms with E-state index in [1.807, 2.05) is 30.3 Å². The molecule has 0 amide bonds. The van der Waals surface area contributed by atoms with Crippen molar-refractivity contribution in [1.29, 1.82) is 0 Å². The zero-order valence-corrected chi connectivity index (χ0v) is 14.6. The molecule has 1 aromatic heterocycles. The molecule has 3 rings (SSSR count). The fourth-order valence-electron chi connectivity index (χ4n) is 2.08. The first-order chi connectivity index (χ1) is 12.7.